The van der Waals surface area contributed by atoms with Gasteiger partial charge in [-0.2, -0.15) is 0 Å². The highest BCUT2D eigenvalue weighted by Crippen LogP contribution is 2.30. The van der Waals surface area contributed by atoms with Gasteiger partial charge in [-0.3, -0.25) is 0 Å². The average Bonchev–Trinajstić information content (AvgIpc) is 2.95. The van der Waals surface area contributed by atoms with Crippen LogP contribution in [-0.2, 0) is 10.0 Å². The number of nitrogens with two attached hydrogens (primary N) is 1. The molecule has 3 rings (SSSR count). The molecule has 0 aliphatic rings. The smallest absolute Gasteiger partial charge is 0.238 e. The number of halogens is 2. The fourth-order valence-electron chi connectivity index (χ4n) is 2.32. The molecule has 0 aliphatic carbocycles. The van der Waals surface area contributed by atoms with E-state index < -0.39 is 10.0 Å². The van der Waals surface area contributed by atoms with Crippen molar-refractivity contribution in [3.05, 3.63) is 70.8 Å². The molecule has 0 amide bonds. The van der Waals surface area contributed by atoms with E-state index in [9.17, 15) is 8.42 Å². The molecule has 0 radical (unpaired) electrons. The Balaban J connectivity index is 2.08. The lowest BCUT2D eigenvalue weighted by Gasteiger charge is -2.12. The van der Waals surface area contributed by atoms with E-state index in [1.54, 1.807) is 24.3 Å². The first kappa shape index (κ1) is 16.1. The van der Waals surface area contributed by atoms with Crippen molar-refractivity contribution in [3.8, 4) is 16.9 Å². The molecule has 23 heavy (non-hydrogen) atoms. The minimum absolute atomic E-state index is 0.0730. The van der Waals surface area contributed by atoms with E-state index in [2.05, 4.69) is 0 Å². The number of nitrogens with zero attached hydrogens (tertiary/aromatic N) is 1. The van der Waals surface area contributed by atoms with Crippen molar-refractivity contribution in [3.63, 3.8) is 0 Å². The molecule has 118 valence electrons. The van der Waals surface area contributed by atoms with Crippen LogP contribution in [0.1, 0.15) is 0 Å². The van der Waals surface area contributed by atoms with Gasteiger partial charge in [0.1, 0.15) is 0 Å². The molecular formula is C16H12Cl2N2O2S. The highest BCUT2D eigenvalue weighted by atomic mass is 35.5. The zero-order valence-corrected chi connectivity index (χ0v) is 14.1. The molecule has 0 atom stereocenters. The number of hydrogen-bond donors (Lipinski definition) is 1. The van der Waals surface area contributed by atoms with Crippen molar-refractivity contribution in [2.75, 3.05) is 0 Å². The first-order chi connectivity index (χ1) is 10.9. The Morgan fingerprint density at radius 3 is 2.26 bits per heavy atom. The van der Waals surface area contributed by atoms with E-state index in [0.29, 0.717) is 10.0 Å². The number of sulfonamides is 1. The van der Waals surface area contributed by atoms with Gasteiger partial charge in [-0.25, -0.2) is 13.6 Å². The third-order valence-electron chi connectivity index (χ3n) is 3.40. The van der Waals surface area contributed by atoms with Crippen LogP contribution in [0.25, 0.3) is 16.9 Å². The number of hydrogen-bond acceptors (Lipinski definition) is 2. The summed E-state index contributed by atoms with van der Waals surface area (Å²) in [6.07, 6.45) is 1.87. The molecule has 0 bridgehead atoms. The van der Waals surface area contributed by atoms with Crippen LogP contribution in [0.5, 0.6) is 0 Å². The van der Waals surface area contributed by atoms with Crippen molar-refractivity contribution in [1.29, 1.82) is 0 Å². The van der Waals surface area contributed by atoms with Gasteiger partial charge in [0.25, 0.3) is 0 Å². The standard InChI is InChI=1S/C16H12Cl2N2O2S/c17-12-5-8-16(14(18)10-12)20-9-1-2-15(20)11-3-6-13(7-4-11)23(19,21)22/h1-10H,(H2,19,21,22). The van der Waals surface area contributed by atoms with Gasteiger partial charge in [0.05, 0.1) is 21.3 Å². The van der Waals surface area contributed by atoms with Crippen molar-refractivity contribution in [2.45, 2.75) is 4.90 Å². The fraction of sp³-hybridized carbons (Fsp3) is 0. The summed E-state index contributed by atoms with van der Waals surface area (Å²) in [5.74, 6) is 0. The van der Waals surface area contributed by atoms with Gasteiger partial charge in [0.2, 0.25) is 10.0 Å². The minimum atomic E-state index is -3.70. The summed E-state index contributed by atoms with van der Waals surface area (Å²) in [6.45, 7) is 0. The minimum Gasteiger partial charge on any atom is -0.315 e. The molecule has 0 saturated heterocycles. The Bertz CT molecular complexity index is 964. The summed E-state index contributed by atoms with van der Waals surface area (Å²) < 4.78 is 24.6. The van der Waals surface area contributed by atoms with Crippen LogP contribution in [-0.4, -0.2) is 13.0 Å². The molecule has 0 unspecified atom stereocenters. The lowest BCUT2D eigenvalue weighted by Crippen LogP contribution is -2.11. The molecule has 2 aromatic carbocycles. The highest BCUT2D eigenvalue weighted by Gasteiger charge is 2.11. The highest BCUT2D eigenvalue weighted by molar-refractivity contribution is 7.89. The number of aromatic nitrogens is 1. The lowest BCUT2D eigenvalue weighted by atomic mass is 10.1. The second kappa shape index (κ2) is 6.02. The molecule has 0 aliphatic heterocycles. The summed E-state index contributed by atoms with van der Waals surface area (Å²) in [4.78, 5) is 0.0730. The maximum Gasteiger partial charge on any atom is 0.238 e. The van der Waals surface area contributed by atoms with E-state index >= 15 is 0 Å². The van der Waals surface area contributed by atoms with Gasteiger partial charge in [-0.05, 0) is 48.0 Å². The van der Waals surface area contributed by atoms with Gasteiger partial charge in [-0.15, -0.1) is 0 Å². The first-order valence-corrected chi connectivity index (χ1v) is 8.92. The van der Waals surface area contributed by atoms with E-state index in [-0.39, 0.29) is 4.90 Å². The van der Waals surface area contributed by atoms with Crippen LogP contribution in [0.15, 0.2) is 65.7 Å². The van der Waals surface area contributed by atoms with Crippen LogP contribution in [0.3, 0.4) is 0 Å². The maximum absolute atomic E-state index is 11.3. The summed E-state index contributed by atoms with van der Waals surface area (Å²) in [7, 11) is -3.70. The molecule has 0 fully saturated rings. The van der Waals surface area contributed by atoms with Crippen LogP contribution < -0.4 is 5.14 Å². The fourth-order valence-corrected chi connectivity index (χ4v) is 3.33. The SMILES string of the molecule is NS(=O)(=O)c1ccc(-c2cccn2-c2ccc(Cl)cc2Cl)cc1. The molecule has 7 heteroatoms. The molecular weight excluding hydrogens is 355 g/mol. The molecule has 1 aromatic heterocycles. The normalized spacial score (nSPS) is 11.6. The maximum atomic E-state index is 11.3. The molecule has 3 aromatic rings. The monoisotopic (exact) mass is 366 g/mol. The Morgan fingerprint density at radius 1 is 0.957 bits per heavy atom. The summed E-state index contributed by atoms with van der Waals surface area (Å²) in [5.41, 5.74) is 2.50. The zero-order valence-electron chi connectivity index (χ0n) is 11.8. The Hall–Kier alpha value is -1.79. The van der Waals surface area contributed by atoms with Gasteiger partial charge in [-0.1, -0.05) is 35.3 Å². The van der Waals surface area contributed by atoms with E-state index in [1.807, 2.05) is 29.0 Å². The third kappa shape index (κ3) is 3.28. The quantitative estimate of drug-likeness (QED) is 0.758. The molecule has 4 nitrogen and oxygen atoms in total. The van der Waals surface area contributed by atoms with Crippen molar-refractivity contribution in [2.24, 2.45) is 5.14 Å². The van der Waals surface area contributed by atoms with Gasteiger partial charge in [0.15, 0.2) is 0 Å². The molecule has 0 saturated carbocycles. The van der Waals surface area contributed by atoms with Crippen LogP contribution in [0, 0.1) is 0 Å². The molecule has 0 spiro atoms. The van der Waals surface area contributed by atoms with Crippen molar-refractivity contribution < 1.29 is 8.42 Å². The average molecular weight is 367 g/mol. The van der Waals surface area contributed by atoms with Gasteiger partial charge >= 0.3 is 0 Å². The summed E-state index contributed by atoms with van der Waals surface area (Å²) >= 11 is 12.2. The zero-order chi connectivity index (χ0) is 16.6. The van der Waals surface area contributed by atoms with Gasteiger partial charge in [0, 0.05) is 11.2 Å². The molecule has 1 heterocycles. The Labute approximate surface area is 144 Å². The predicted octanol–water partition coefficient (Wildman–Crippen LogP) is 4.10. The topological polar surface area (TPSA) is 65.1 Å². The van der Waals surface area contributed by atoms with Crippen LogP contribution in [0.4, 0.5) is 0 Å². The van der Waals surface area contributed by atoms with Crippen molar-refractivity contribution >= 4 is 33.2 Å². The molecule has 2 N–H and O–H groups in total. The first-order valence-electron chi connectivity index (χ1n) is 6.62. The van der Waals surface area contributed by atoms with Gasteiger partial charge < -0.3 is 4.57 Å². The van der Waals surface area contributed by atoms with E-state index in [0.717, 1.165) is 16.9 Å². The number of rotatable bonds is 3. The largest absolute Gasteiger partial charge is 0.315 e. The third-order valence-corrected chi connectivity index (χ3v) is 4.86. The predicted molar refractivity (Wildman–Crippen MR) is 92.6 cm³/mol. The summed E-state index contributed by atoms with van der Waals surface area (Å²) in [5, 5.41) is 6.20. The summed E-state index contributed by atoms with van der Waals surface area (Å²) in [6, 6.07) is 15.4. The van der Waals surface area contributed by atoms with Crippen LogP contribution in [0.2, 0.25) is 10.0 Å². The second-order valence-corrected chi connectivity index (χ2v) is 7.33. The Morgan fingerprint density at radius 2 is 1.65 bits per heavy atom. The van der Waals surface area contributed by atoms with E-state index in [1.165, 1.54) is 12.1 Å². The number of primary sulfonamides is 1. The Kier molecular flexibility index (Phi) is 4.21. The van der Waals surface area contributed by atoms with E-state index in [4.69, 9.17) is 28.3 Å². The number of benzene rings is 2. The second-order valence-electron chi connectivity index (χ2n) is 4.93. The van der Waals surface area contributed by atoms with Crippen molar-refractivity contribution in [1.82, 2.24) is 4.57 Å². The lowest BCUT2D eigenvalue weighted by molar-refractivity contribution is 0.598. The van der Waals surface area contributed by atoms with Crippen LogP contribution >= 0.6 is 23.2 Å².